The summed E-state index contributed by atoms with van der Waals surface area (Å²) in [5.74, 6) is -0.329. The topological polar surface area (TPSA) is 47.6 Å². The summed E-state index contributed by atoms with van der Waals surface area (Å²) in [4.78, 5) is 0. The van der Waals surface area contributed by atoms with Crippen molar-refractivity contribution in [1.82, 2.24) is 5.32 Å². The highest BCUT2D eigenvalue weighted by atomic mass is 32.2. The molecule has 0 aliphatic carbocycles. The van der Waals surface area contributed by atoms with Gasteiger partial charge < -0.3 is 9.05 Å². The number of benzene rings is 1. The Hall–Kier alpha value is -0.320. The van der Waals surface area contributed by atoms with Crippen molar-refractivity contribution >= 4 is 19.4 Å². The van der Waals surface area contributed by atoms with Gasteiger partial charge >= 0.3 is 7.60 Å². The molecule has 0 bridgehead atoms. The summed E-state index contributed by atoms with van der Waals surface area (Å²) < 4.78 is 22.7. The monoisotopic (exact) mass is 301 g/mol. The molecule has 0 amide bonds. The molecule has 0 aromatic heterocycles. The van der Waals surface area contributed by atoms with Crippen LogP contribution in [0.15, 0.2) is 30.3 Å². The lowest BCUT2D eigenvalue weighted by atomic mass is 10.2. The van der Waals surface area contributed by atoms with E-state index in [-0.39, 0.29) is 15.9 Å². The number of thioether (sulfide) groups is 1. The smallest absolute Gasteiger partial charge is 0.311 e. The molecule has 0 spiro atoms. The van der Waals surface area contributed by atoms with Crippen molar-refractivity contribution in [2.75, 3.05) is 14.2 Å². The quantitative estimate of drug-likeness (QED) is 0.861. The van der Waals surface area contributed by atoms with Crippen LogP contribution < -0.4 is 5.32 Å². The molecule has 1 saturated heterocycles. The molecule has 0 unspecified atom stereocenters. The van der Waals surface area contributed by atoms with E-state index in [1.54, 1.807) is 11.8 Å². The average molecular weight is 301 g/mol. The summed E-state index contributed by atoms with van der Waals surface area (Å²) in [5, 5.41) is 3.49. The molecule has 1 aromatic carbocycles. The molecule has 106 valence electrons. The van der Waals surface area contributed by atoms with Gasteiger partial charge in [0.1, 0.15) is 5.78 Å². The zero-order valence-corrected chi connectivity index (χ0v) is 13.3. The van der Waals surface area contributed by atoms with Crippen LogP contribution >= 0.6 is 19.4 Å². The second-order valence-electron chi connectivity index (χ2n) is 4.99. The van der Waals surface area contributed by atoms with E-state index in [1.165, 1.54) is 19.8 Å². The van der Waals surface area contributed by atoms with Crippen molar-refractivity contribution in [3.8, 4) is 0 Å². The highest BCUT2D eigenvalue weighted by Gasteiger charge is 2.52. The van der Waals surface area contributed by atoms with E-state index in [4.69, 9.17) is 9.05 Å². The van der Waals surface area contributed by atoms with Crippen LogP contribution in [0.5, 0.6) is 0 Å². The second-order valence-corrected chi connectivity index (χ2v) is 9.07. The molecule has 1 N–H and O–H groups in total. The van der Waals surface area contributed by atoms with Crippen LogP contribution in [-0.4, -0.2) is 24.7 Å². The SMILES string of the molecule is COP(=O)(OC)[C@H]1N[C@@H](c2ccccc2)SC1(C)C. The van der Waals surface area contributed by atoms with Crippen molar-refractivity contribution < 1.29 is 13.6 Å². The Morgan fingerprint density at radius 2 is 1.79 bits per heavy atom. The minimum atomic E-state index is -3.14. The van der Waals surface area contributed by atoms with Gasteiger partial charge in [0.15, 0.2) is 0 Å². The molecule has 1 aromatic rings. The minimum absolute atomic E-state index is 0.0971. The lowest BCUT2D eigenvalue weighted by Crippen LogP contribution is -2.37. The third-order valence-electron chi connectivity index (χ3n) is 3.32. The first-order valence-electron chi connectivity index (χ1n) is 6.13. The van der Waals surface area contributed by atoms with Crippen LogP contribution in [0.4, 0.5) is 0 Å². The molecule has 1 aliphatic rings. The molecule has 2 rings (SSSR count). The van der Waals surface area contributed by atoms with Crippen LogP contribution in [0, 0.1) is 0 Å². The van der Waals surface area contributed by atoms with E-state index in [0.29, 0.717) is 0 Å². The van der Waals surface area contributed by atoms with E-state index in [1.807, 2.05) is 18.2 Å². The molecule has 19 heavy (non-hydrogen) atoms. The van der Waals surface area contributed by atoms with Gasteiger partial charge in [-0.2, -0.15) is 0 Å². The summed E-state index contributed by atoms with van der Waals surface area (Å²) in [5.41, 5.74) is 1.17. The molecule has 1 aliphatic heterocycles. The number of hydrogen-bond donors (Lipinski definition) is 1. The van der Waals surface area contributed by atoms with E-state index in [2.05, 4.69) is 31.3 Å². The summed E-state index contributed by atoms with van der Waals surface area (Å²) >= 11 is 1.74. The Balaban J connectivity index is 2.27. The number of rotatable bonds is 4. The van der Waals surface area contributed by atoms with Gasteiger partial charge in [-0.15, -0.1) is 11.8 Å². The highest BCUT2D eigenvalue weighted by molar-refractivity contribution is 8.01. The highest BCUT2D eigenvalue weighted by Crippen LogP contribution is 2.62. The van der Waals surface area contributed by atoms with Crippen molar-refractivity contribution in [2.45, 2.75) is 29.8 Å². The third-order valence-corrected chi connectivity index (χ3v) is 7.42. The molecule has 0 radical (unpaired) electrons. The first-order chi connectivity index (χ1) is 8.93. The summed E-state index contributed by atoms with van der Waals surface area (Å²) in [6, 6.07) is 10.1. The number of hydrogen-bond acceptors (Lipinski definition) is 5. The maximum absolute atomic E-state index is 12.6. The molecule has 6 heteroatoms. The van der Waals surface area contributed by atoms with Crippen molar-refractivity contribution in [2.24, 2.45) is 0 Å². The predicted molar refractivity (Wildman–Crippen MR) is 79.4 cm³/mol. The fraction of sp³-hybridized carbons (Fsp3) is 0.538. The maximum atomic E-state index is 12.6. The molecular weight excluding hydrogens is 281 g/mol. The Morgan fingerprint density at radius 1 is 1.21 bits per heavy atom. The first kappa shape index (κ1) is 15.1. The van der Waals surface area contributed by atoms with Gasteiger partial charge in [0.2, 0.25) is 0 Å². The zero-order valence-electron chi connectivity index (χ0n) is 11.6. The van der Waals surface area contributed by atoms with Crippen molar-refractivity contribution in [1.29, 1.82) is 0 Å². The summed E-state index contributed by atoms with van der Waals surface area (Å²) in [6.07, 6.45) is 0. The van der Waals surface area contributed by atoms with Gasteiger partial charge in [-0.25, -0.2) is 0 Å². The van der Waals surface area contributed by atoms with Gasteiger partial charge in [0.25, 0.3) is 0 Å². The second kappa shape index (κ2) is 5.58. The zero-order chi connectivity index (χ0) is 14.1. The minimum Gasteiger partial charge on any atom is -0.311 e. The van der Waals surface area contributed by atoms with Gasteiger partial charge in [0.05, 0.1) is 5.37 Å². The van der Waals surface area contributed by atoms with Crippen LogP contribution in [0.3, 0.4) is 0 Å². The van der Waals surface area contributed by atoms with Crippen molar-refractivity contribution in [3.05, 3.63) is 35.9 Å². The van der Waals surface area contributed by atoms with E-state index >= 15 is 0 Å². The van der Waals surface area contributed by atoms with Crippen molar-refractivity contribution in [3.63, 3.8) is 0 Å². The first-order valence-corrected chi connectivity index (χ1v) is 8.62. The van der Waals surface area contributed by atoms with Crippen LogP contribution in [0.1, 0.15) is 24.8 Å². The third kappa shape index (κ3) is 2.91. The molecule has 2 atom stereocenters. The number of nitrogens with one attached hydrogen (secondary N) is 1. The van der Waals surface area contributed by atoms with Crippen LogP contribution in [0.2, 0.25) is 0 Å². The van der Waals surface area contributed by atoms with E-state index in [9.17, 15) is 4.57 Å². The normalized spacial score (nSPS) is 26.5. The Bertz CT molecular complexity index is 472. The van der Waals surface area contributed by atoms with Crippen LogP contribution in [-0.2, 0) is 13.6 Å². The standard InChI is InChI=1S/C13H20NO3PS/c1-13(2)12(18(15,16-3)17-4)14-11(19-13)10-8-6-5-7-9-10/h5-9,11-12,14H,1-4H3/t11-,12-/m1/s1. The summed E-state index contributed by atoms with van der Waals surface area (Å²) in [7, 11) is -0.274. The van der Waals surface area contributed by atoms with E-state index in [0.717, 1.165) is 0 Å². The van der Waals surface area contributed by atoms with Gasteiger partial charge in [0, 0.05) is 19.0 Å². The largest absolute Gasteiger partial charge is 0.348 e. The summed E-state index contributed by atoms with van der Waals surface area (Å²) in [6.45, 7) is 4.12. The Morgan fingerprint density at radius 3 is 2.32 bits per heavy atom. The Kier molecular flexibility index (Phi) is 4.43. The molecule has 0 saturated carbocycles. The molecule has 4 nitrogen and oxygen atoms in total. The fourth-order valence-electron chi connectivity index (χ4n) is 2.30. The maximum Gasteiger partial charge on any atom is 0.348 e. The van der Waals surface area contributed by atoms with Gasteiger partial charge in [-0.05, 0) is 19.4 Å². The predicted octanol–water partition coefficient (Wildman–Crippen LogP) is 3.61. The fourth-order valence-corrected chi connectivity index (χ4v) is 5.93. The molecule has 1 heterocycles. The average Bonchev–Trinajstić information content (AvgIpc) is 2.75. The lowest BCUT2D eigenvalue weighted by molar-refractivity contribution is 0.254. The molecular formula is C13H20NO3PS. The molecule has 1 fully saturated rings. The van der Waals surface area contributed by atoms with Gasteiger partial charge in [-0.1, -0.05) is 30.3 Å². The Labute approximate surface area is 118 Å². The lowest BCUT2D eigenvalue weighted by Gasteiger charge is -2.29. The van der Waals surface area contributed by atoms with E-state index < -0.39 is 7.60 Å². The van der Waals surface area contributed by atoms with Crippen LogP contribution in [0.25, 0.3) is 0 Å². The van der Waals surface area contributed by atoms with Gasteiger partial charge in [-0.3, -0.25) is 9.88 Å².